The van der Waals surface area contributed by atoms with Crippen molar-refractivity contribution in [1.29, 1.82) is 0 Å². The summed E-state index contributed by atoms with van der Waals surface area (Å²) in [5.41, 5.74) is 3.12. The van der Waals surface area contributed by atoms with Crippen molar-refractivity contribution in [2.75, 3.05) is 7.11 Å². The van der Waals surface area contributed by atoms with Crippen molar-refractivity contribution in [3.8, 4) is 23.0 Å². The number of ether oxygens (including phenoxy) is 1. The zero-order chi connectivity index (χ0) is 16.7. The summed E-state index contributed by atoms with van der Waals surface area (Å²) in [4.78, 5) is 0. The summed E-state index contributed by atoms with van der Waals surface area (Å²) in [5, 5.41) is 29.6. The Morgan fingerprint density at radius 1 is 0.957 bits per heavy atom. The molecule has 3 N–H and O–H groups in total. The predicted octanol–water partition coefficient (Wildman–Crippen LogP) is 3.77. The monoisotopic (exact) mass is 314 g/mol. The minimum atomic E-state index is -0.0961. The molecule has 3 atom stereocenters. The maximum absolute atomic E-state index is 9.92. The quantitative estimate of drug-likeness (QED) is 0.738. The van der Waals surface area contributed by atoms with E-state index in [4.69, 9.17) is 4.74 Å². The van der Waals surface area contributed by atoms with Gasteiger partial charge in [-0.15, -0.1) is 0 Å². The third kappa shape index (κ3) is 2.58. The summed E-state index contributed by atoms with van der Waals surface area (Å²) in [5.74, 6) is 1.26. The van der Waals surface area contributed by atoms with E-state index in [9.17, 15) is 15.3 Å². The molecular weight excluding hydrogens is 292 g/mol. The van der Waals surface area contributed by atoms with Gasteiger partial charge in [0.05, 0.1) is 7.11 Å². The van der Waals surface area contributed by atoms with Crippen molar-refractivity contribution in [2.45, 2.75) is 26.2 Å². The number of rotatable bonds is 2. The molecule has 0 unspecified atom stereocenters. The first-order valence-corrected chi connectivity index (χ1v) is 7.84. The maximum atomic E-state index is 9.92. The van der Waals surface area contributed by atoms with Gasteiger partial charge < -0.3 is 20.1 Å². The molecule has 0 aromatic heterocycles. The van der Waals surface area contributed by atoms with Gasteiger partial charge in [-0.05, 0) is 59.2 Å². The lowest BCUT2D eigenvalue weighted by Gasteiger charge is -2.37. The zero-order valence-corrected chi connectivity index (χ0v) is 13.6. The maximum Gasteiger partial charge on any atom is 0.160 e. The average Bonchev–Trinajstić information content (AvgIpc) is 2.52. The van der Waals surface area contributed by atoms with Gasteiger partial charge in [0.1, 0.15) is 0 Å². The second-order valence-electron chi connectivity index (χ2n) is 6.49. The topological polar surface area (TPSA) is 69.9 Å². The minimum Gasteiger partial charge on any atom is -0.504 e. The summed E-state index contributed by atoms with van der Waals surface area (Å²) in [7, 11) is 1.53. The molecule has 0 amide bonds. The third-order valence-electron chi connectivity index (χ3n) is 5.10. The van der Waals surface area contributed by atoms with E-state index in [1.807, 2.05) is 12.1 Å². The lowest BCUT2D eigenvalue weighted by atomic mass is 9.68. The number of hydrogen-bond acceptors (Lipinski definition) is 4. The number of methoxy groups -OCH3 is 1. The lowest BCUT2D eigenvalue weighted by Crippen LogP contribution is -2.26. The van der Waals surface area contributed by atoms with Gasteiger partial charge in [-0.25, -0.2) is 0 Å². The molecule has 122 valence electrons. The molecule has 23 heavy (non-hydrogen) atoms. The van der Waals surface area contributed by atoms with Gasteiger partial charge in [0.25, 0.3) is 0 Å². The molecule has 0 fully saturated rings. The van der Waals surface area contributed by atoms with Crippen LogP contribution in [0.4, 0.5) is 0 Å². The largest absolute Gasteiger partial charge is 0.504 e. The molecule has 4 heteroatoms. The Bertz CT molecular complexity index is 738. The SMILES string of the molecule is COc1cc([C@H]2c3cc(O)c(O)cc3C[C@H](C)[C@H]2C)ccc1O. The van der Waals surface area contributed by atoms with Crippen LogP contribution in [0, 0.1) is 11.8 Å². The van der Waals surface area contributed by atoms with Gasteiger partial charge in [0.2, 0.25) is 0 Å². The summed E-state index contributed by atoms with van der Waals surface area (Å²) < 4.78 is 5.23. The molecule has 0 aliphatic heterocycles. The highest BCUT2D eigenvalue weighted by Crippen LogP contribution is 2.47. The Labute approximate surface area is 136 Å². The fourth-order valence-corrected chi connectivity index (χ4v) is 3.62. The lowest BCUT2D eigenvalue weighted by molar-refractivity contribution is 0.320. The van der Waals surface area contributed by atoms with E-state index in [0.717, 1.165) is 23.1 Å². The zero-order valence-electron chi connectivity index (χ0n) is 13.6. The fourth-order valence-electron chi connectivity index (χ4n) is 3.62. The normalized spacial score (nSPS) is 23.3. The molecule has 0 radical (unpaired) electrons. The molecule has 0 spiro atoms. The Balaban J connectivity index is 2.16. The van der Waals surface area contributed by atoms with E-state index in [-0.39, 0.29) is 23.2 Å². The first kappa shape index (κ1) is 15.5. The number of phenols is 3. The summed E-state index contributed by atoms with van der Waals surface area (Å²) >= 11 is 0. The van der Waals surface area contributed by atoms with Crippen molar-refractivity contribution in [3.05, 3.63) is 47.0 Å². The Kier molecular flexibility index (Phi) is 3.84. The van der Waals surface area contributed by atoms with Gasteiger partial charge >= 0.3 is 0 Å². The van der Waals surface area contributed by atoms with Crippen LogP contribution in [0.5, 0.6) is 23.0 Å². The van der Waals surface area contributed by atoms with E-state index in [2.05, 4.69) is 13.8 Å². The van der Waals surface area contributed by atoms with Gasteiger partial charge in [-0.3, -0.25) is 0 Å². The van der Waals surface area contributed by atoms with Gasteiger partial charge in [-0.2, -0.15) is 0 Å². The van der Waals surface area contributed by atoms with Crippen molar-refractivity contribution < 1.29 is 20.1 Å². The second kappa shape index (κ2) is 5.69. The van der Waals surface area contributed by atoms with E-state index in [1.165, 1.54) is 7.11 Å². The van der Waals surface area contributed by atoms with E-state index in [0.29, 0.717) is 17.6 Å². The first-order valence-electron chi connectivity index (χ1n) is 7.84. The standard InChI is InChI=1S/C19H22O4/c1-10-6-13-7-16(21)17(22)9-14(13)19(11(10)2)12-4-5-15(20)18(8-12)23-3/h4-5,7-11,19-22H,6H2,1-3H3/t10-,11+,19-/m0/s1. The smallest absolute Gasteiger partial charge is 0.160 e. The van der Waals surface area contributed by atoms with Crippen molar-refractivity contribution in [1.82, 2.24) is 0 Å². The molecule has 4 nitrogen and oxygen atoms in total. The molecule has 1 aliphatic rings. The van der Waals surface area contributed by atoms with Crippen LogP contribution in [0.2, 0.25) is 0 Å². The molecule has 3 rings (SSSR count). The van der Waals surface area contributed by atoms with Crippen LogP contribution < -0.4 is 4.74 Å². The van der Waals surface area contributed by atoms with Crippen molar-refractivity contribution in [3.63, 3.8) is 0 Å². The van der Waals surface area contributed by atoms with E-state index in [1.54, 1.807) is 18.2 Å². The van der Waals surface area contributed by atoms with Crippen LogP contribution in [-0.4, -0.2) is 22.4 Å². The van der Waals surface area contributed by atoms with E-state index < -0.39 is 0 Å². The second-order valence-corrected chi connectivity index (χ2v) is 6.49. The van der Waals surface area contributed by atoms with Crippen LogP contribution >= 0.6 is 0 Å². The first-order chi connectivity index (χ1) is 10.9. The number of aromatic hydroxyl groups is 3. The van der Waals surface area contributed by atoms with Crippen LogP contribution in [-0.2, 0) is 6.42 Å². The van der Waals surface area contributed by atoms with Crippen molar-refractivity contribution in [2.24, 2.45) is 11.8 Å². The van der Waals surface area contributed by atoms with Gasteiger partial charge in [-0.1, -0.05) is 19.9 Å². The molecule has 0 saturated carbocycles. The molecule has 0 heterocycles. The van der Waals surface area contributed by atoms with Crippen molar-refractivity contribution >= 4 is 0 Å². The van der Waals surface area contributed by atoms with Gasteiger partial charge in [0, 0.05) is 5.92 Å². The average molecular weight is 314 g/mol. The number of phenolic OH excluding ortho intramolecular Hbond substituents is 3. The van der Waals surface area contributed by atoms with E-state index >= 15 is 0 Å². The highest BCUT2D eigenvalue weighted by atomic mass is 16.5. The molecule has 1 aliphatic carbocycles. The third-order valence-corrected chi connectivity index (χ3v) is 5.10. The number of fused-ring (bicyclic) bond motifs is 1. The van der Waals surface area contributed by atoms with Crippen LogP contribution in [0.15, 0.2) is 30.3 Å². The van der Waals surface area contributed by atoms with Crippen LogP contribution in [0.1, 0.15) is 36.5 Å². The predicted molar refractivity (Wildman–Crippen MR) is 88.3 cm³/mol. The number of hydrogen-bond donors (Lipinski definition) is 3. The van der Waals surface area contributed by atoms with Gasteiger partial charge in [0.15, 0.2) is 23.0 Å². The Hall–Kier alpha value is -2.36. The number of benzene rings is 2. The molecule has 2 aromatic rings. The Morgan fingerprint density at radius 3 is 2.35 bits per heavy atom. The summed E-state index contributed by atoms with van der Waals surface area (Å²) in [6, 6.07) is 8.71. The van der Waals surface area contributed by atoms with Crippen LogP contribution in [0.25, 0.3) is 0 Å². The molecule has 2 aromatic carbocycles. The fraction of sp³-hybridized carbons (Fsp3) is 0.368. The highest BCUT2D eigenvalue weighted by molar-refractivity contribution is 5.53. The summed E-state index contributed by atoms with van der Waals surface area (Å²) in [6.45, 7) is 4.39. The molecular formula is C19H22O4. The molecule has 0 bridgehead atoms. The summed E-state index contributed by atoms with van der Waals surface area (Å²) in [6.07, 6.45) is 0.871. The minimum absolute atomic E-state index is 0.0764. The van der Waals surface area contributed by atoms with Crippen LogP contribution in [0.3, 0.4) is 0 Å². The highest BCUT2D eigenvalue weighted by Gasteiger charge is 2.33. The molecule has 0 saturated heterocycles. The Morgan fingerprint density at radius 2 is 1.65 bits per heavy atom.